The normalized spacial score (nSPS) is 13.5. The van der Waals surface area contributed by atoms with Crippen molar-refractivity contribution in [3.63, 3.8) is 0 Å². The summed E-state index contributed by atoms with van der Waals surface area (Å²) in [6.45, 7) is 7.98. The fourth-order valence-corrected chi connectivity index (χ4v) is 2.43. The molecule has 1 aromatic rings. The van der Waals surface area contributed by atoms with Gasteiger partial charge < -0.3 is 19.7 Å². The van der Waals surface area contributed by atoms with Crippen LogP contribution in [0.15, 0.2) is 30.9 Å². The van der Waals surface area contributed by atoms with Crippen LogP contribution in [0.25, 0.3) is 0 Å². The predicted molar refractivity (Wildman–Crippen MR) is 93.3 cm³/mol. The van der Waals surface area contributed by atoms with Crippen molar-refractivity contribution in [2.24, 2.45) is 0 Å². The highest BCUT2D eigenvalue weighted by Crippen LogP contribution is 2.25. The van der Waals surface area contributed by atoms with Gasteiger partial charge in [-0.3, -0.25) is 4.90 Å². The summed E-state index contributed by atoms with van der Waals surface area (Å²) < 4.78 is 11.1. The second kappa shape index (κ2) is 11.1. The van der Waals surface area contributed by atoms with Gasteiger partial charge in [-0.05, 0) is 50.6 Å². The molecule has 1 fully saturated rings. The van der Waals surface area contributed by atoms with E-state index in [1.54, 1.807) is 7.11 Å². The lowest BCUT2D eigenvalue weighted by atomic mass is 10.1. The number of allylic oxidation sites excluding steroid dienone is 1. The molecule has 0 bridgehead atoms. The molecule has 1 aromatic carbocycles. The quantitative estimate of drug-likeness (QED) is 0.573. The Balaban J connectivity index is 0.000000450. The number of carboxylic acid groups (broad SMARTS) is 2. The fourth-order valence-electron chi connectivity index (χ4n) is 2.43. The van der Waals surface area contributed by atoms with E-state index in [9.17, 15) is 0 Å². The highest BCUT2D eigenvalue weighted by Gasteiger charge is 2.11. The van der Waals surface area contributed by atoms with E-state index in [1.807, 2.05) is 24.3 Å². The number of hydrogen-bond acceptors (Lipinski definition) is 5. The molecule has 0 spiro atoms. The van der Waals surface area contributed by atoms with Crippen molar-refractivity contribution in [3.05, 3.63) is 36.4 Å². The molecule has 0 aliphatic carbocycles. The van der Waals surface area contributed by atoms with E-state index in [2.05, 4.69) is 11.5 Å². The Hall–Kier alpha value is -2.54. The summed E-state index contributed by atoms with van der Waals surface area (Å²) in [5.74, 6) is -1.84. The molecule has 0 unspecified atom stereocenters. The number of hydrogen-bond donors (Lipinski definition) is 2. The van der Waals surface area contributed by atoms with Gasteiger partial charge in [0.15, 0.2) is 0 Å². The maximum atomic E-state index is 9.10. The zero-order chi connectivity index (χ0) is 18.7. The van der Waals surface area contributed by atoms with Crippen molar-refractivity contribution in [1.29, 1.82) is 0 Å². The topological polar surface area (TPSA) is 96.3 Å². The fraction of sp³-hybridized carbons (Fsp3) is 0.444. The van der Waals surface area contributed by atoms with Crippen LogP contribution in [0.3, 0.4) is 0 Å². The molecule has 1 aliphatic rings. The Morgan fingerprint density at radius 1 is 1.24 bits per heavy atom. The molecule has 7 nitrogen and oxygen atoms in total. The molecule has 0 atom stereocenters. The van der Waals surface area contributed by atoms with Gasteiger partial charge in [-0.1, -0.05) is 6.08 Å². The van der Waals surface area contributed by atoms with Gasteiger partial charge in [0.1, 0.15) is 18.1 Å². The SMILES string of the molecule is C=CCc1cc(OC)ccc1OCCN1CCCC1.O=C(O)C(=O)O. The van der Waals surface area contributed by atoms with E-state index >= 15 is 0 Å². The summed E-state index contributed by atoms with van der Waals surface area (Å²) in [6.07, 6.45) is 5.34. The first-order chi connectivity index (χ1) is 12.0. The van der Waals surface area contributed by atoms with Crippen LogP contribution >= 0.6 is 0 Å². The Kier molecular flexibility index (Phi) is 9.10. The molecule has 0 amide bonds. The van der Waals surface area contributed by atoms with Crippen LogP contribution in [0.1, 0.15) is 18.4 Å². The second-order valence-corrected chi connectivity index (χ2v) is 5.47. The van der Waals surface area contributed by atoms with Gasteiger partial charge in [-0.15, -0.1) is 6.58 Å². The molecule has 1 heterocycles. The molecule has 0 aromatic heterocycles. The van der Waals surface area contributed by atoms with E-state index in [0.29, 0.717) is 0 Å². The molecular weight excluding hydrogens is 326 g/mol. The van der Waals surface area contributed by atoms with E-state index in [-0.39, 0.29) is 0 Å². The number of methoxy groups -OCH3 is 1. The summed E-state index contributed by atoms with van der Waals surface area (Å²) in [4.78, 5) is 20.7. The summed E-state index contributed by atoms with van der Waals surface area (Å²) in [7, 11) is 1.68. The molecule has 138 valence electrons. The van der Waals surface area contributed by atoms with Gasteiger partial charge in [-0.2, -0.15) is 0 Å². The van der Waals surface area contributed by atoms with Crippen LogP contribution < -0.4 is 9.47 Å². The molecular formula is C18H25NO6. The molecule has 7 heteroatoms. The molecule has 0 saturated carbocycles. The molecule has 2 rings (SSSR count). The lowest BCUT2D eigenvalue weighted by Crippen LogP contribution is -2.25. The zero-order valence-corrected chi connectivity index (χ0v) is 14.4. The van der Waals surface area contributed by atoms with Crippen LogP contribution in [-0.2, 0) is 16.0 Å². The van der Waals surface area contributed by atoms with E-state index in [0.717, 1.165) is 36.6 Å². The monoisotopic (exact) mass is 351 g/mol. The number of likely N-dealkylation sites (tertiary alicyclic amines) is 1. The number of benzene rings is 1. The number of carbonyl (C=O) groups is 2. The first-order valence-electron chi connectivity index (χ1n) is 8.07. The molecule has 0 radical (unpaired) electrons. The average Bonchev–Trinajstić information content (AvgIpc) is 3.10. The standard InChI is InChI=1S/C16H23NO2.C2H2O4/c1-3-6-14-13-15(18-2)7-8-16(14)19-12-11-17-9-4-5-10-17;3-1(4)2(5)6/h3,7-8,13H,1,4-6,9-12H2,2H3;(H,3,4)(H,5,6). The minimum atomic E-state index is -1.82. The van der Waals surface area contributed by atoms with Crippen molar-refractivity contribution in [3.8, 4) is 11.5 Å². The Morgan fingerprint density at radius 2 is 1.88 bits per heavy atom. The number of rotatable bonds is 7. The van der Waals surface area contributed by atoms with Gasteiger partial charge in [0.05, 0.1) is 7.11 Å². The van der Waals surface area contributed by atoms with Gasteiger partial charge in [0.25, 0.3) is 0 Å². The van der Waals surface area contributed by atoms with Crippen molar-refractivity contribution in [1.82, 2.24) is 4.90 Å². The summed E-state index contributed by atoms with van der Waals surface area (Å²) >= 11 is 0. The lowest BCUT2D eigenvalue weighted by molar-refractivity contribution is -0.159. The van der Waals surface area contributed by atoms with Crippen molar-refractivity contribution < 1.29 is 29.3 Å². The van der Waals surface area contributed by atoms with Gasteiger partial charge >= 0.3 is 11.9 Å². The largest absolute Gasteiger partial charge is 0.497 e. The van der Waals surface area contributed by atoms with Crippen molar-refractivity contribution >= 4 is 11.9 Å². The molecule has 1 saturated heterocycles. The third kappa shape index (κ3) is 7.71. The highest BCUT2D eigenvalue weighted by molar-refractivity contribution is 6.27. The molecule has 25 heavy (non-hydrogen) atoms. The van der Waals surface area contributed by atoms with Gasteiger partial charge in [0, 0.05) is 12.1 Å². The Morgan fingerprint density at radius 3 is 2.40 bits per heavy atom. The third-order valence-corrected chi connectivity index (χ3v) is 3.68. The van der Waals surface area contributed by atoms with Gasteiger partial charge in [-0.25, -0.2) is 9.59 Å². The summed E-state index contributed by atoms with van der Waals surface area (Å²) in [6, 6.07) is 5.95. The highest BCUT2D eigenvalue weighted by atomic mass is 16.5. The summed E-state index contributed by atoms with van der Waals surface area (Å²) in [5, 5.41) is 14.8. The predicted octanol–water partition coefficient (Wildman–Crippen LogP) is 2.05. The Labute approximate surface area is 147 Å². The first kappa shape index (κ1) is 20.5. The van der Waals surface area contributed by atoms with Crippen LogP contribution in [-0.4, -0.2) is 60.4 Å². The van der Waals surface area contributed by atoms with Gasteiger partial charge in [0.2, 0.25) is 0 Å². The minimum Gasteiger partial charge on any atom is -0.497 e. The maximum absolute atomic E-state index is 9.10. The second-order valence-electron chi connectivity index (χ2n) is 5.47. The van der Waals surface area contributed by atoms with Crippen LogP contribution in [0, 0.1) is 0 Å². The third-order valence-electron chi connectivity index (χ3n) is 3.68. The number of ether oxygens (including phenoxy) is 2. The van der Waals surface area contributed by atoms with Crippen LogP contribution in [0.2, 0.25) is 0 Å². The average molecular weight is 351 g/mol. The van der Waals surface area contributed by atoms with E-state index < -0.39 is 11.9 Å². The van der Waals surface area contributed by atoms with Crippen LogP contribution in [0.5, 0.6) is 11.5 Å². The van der Waals surface area contributed by atoms with Crippen LogP contribution in [0.4, 0.5) is 0 Å². The zero-order valence-electron chi connectivity index (χ0n) is 14.4. The smallest absolute Gasteiger partial charge is 0.414 e. The molecule has 1 aliphatic heterocycles. The summed E-state index contributed by atoms with van der Waals surface area (Å²) in [5.41, 5.74) is 1.13. The lowest BCUT2D eigenvalue weighted by Gasteiger charge is -2.16. The van der Waals surface area contributed by atoms with E-state index in [4.69, 9.17) is 29.3 Å². The maximum Gasteiger partial charge on any atom is 0.414 e. The Bertz CT molecular complexity index is 569. The van der Waals surface area contributed by atoms with E-state index in [1.165, 1.54) is 25.9 Å². The van der Waals surface area contributed by atoms with Crippen molar-refractivity contribution in [2.75, 3.05) is 33.4 Å². The first-order valence-corrected chi connectivity index (χ1v) is 8.07. The number of carboxylic acids is 2. The molecule has 2 N–H and O–H groups in total. The van der Waals surface area contributed by atoms with Crippen molar-refractivity contribution in [2.45, 2.75) is 19.3 Å². The number of aliphatic carboxylic acids is 2. The minimum absolute atomic E-state index is 0.746. The number of nitrogens with zero attached hydrogens (tertiary/aromatic N) is 1.